The predicted octanol–water partition coefficient (Wildman–Crippen LogP) is 3.66. The number of carbonyl (C=O) groups is 1. The number of cyclic esters (lactones) is 1. The highest BCUT2D eigenvalue weighted by molar-refractivity contribution is 6.12. The van der Waals surface area contributed by atoms with Crippen molar-refractivity contribution < 1.29 is 37.3 Å². The molecule has 0 saturated heterocycles. The van der Waals surface area contributed by atoms with Crippen LogP contribution < -0.4 is 18.9 Å². The Balaban J connectivity index is 1.90. The molecule has 2 aromatic rings. The SMILES string of the molecule is COc1cc(/C=C2/N=C(c3ccc(OC(F)F)cc3)OC2=O)cc(OC)c1OC. The van der Waals surface area contributed by atoms with Crippen molar-refractivity contribution in [3.8, 4) is 23.0 Å². The smallest absolute Gasteiger partial charge is 0.387 e. The summed E-state index contributed by atoms with van der Waals surface area (Å²) in [4.78, 5) is 16.4. The van der Waals surface area contributed by atoms with Gasteiger partial charge in [-0.3, -0.25) is 0 Å². The third-order valence-corrected chi connectivity index (χ3v) is 3.94. The Morgan fingerprint density at radius 2 is 1.62 bits per heavy atom. The molecule has 0 radical (unpaired) electrons. The molecule has 0 aromatic heterocycles. The minimum atomic E-state index is -2.92. The number of nitrogens with zero attached hydrogens (tertiary/aromatic N) is 1. The summed E-state index contributed by atoms with van der Waals surface area (Å²) in [5.74, 6) is 0.648. The van der Waals surface area contributed by atoms with Crippen molar-refractivity contribution >= 4 is 17.9 Å². The molecule has 1 heterocycles. The second-order valence-corrected chi connectivity index (χ2v) is 5.70. The summed E-state index contributed by atoms with van der Waals surface area (Å²) < 4.78 is 49.8. The fourth-order valence-electron chi connectivity index (χ4n) is 2.65. The van der Waals surface area contributed by atoms with Crippen LogP contribution in [0.2, 0.25) is 0 Å². The summed E-state index contributed by atoms with van der Waals surface area (Å²) in [7, 11) is 4.45. The summed E-state index contributed by atoms with van der Waals surface area (Å²) in [6.07, 6.45) is 1.51. The molecule has 0 amide bonds. The molecule has 1 aliphatic rings. The maximum absolute atomic E-state index is 12.2. The fourth-order valence-corrected chi connectivity index (χ4v) is 2.65. The van der Waals surface area contributed by atoms with Crippen molar-refractivity contribution in [2.45, 2.75) is 6.61 Å². The van der Waals surface area contributed by atoms with Gasteiger partial charge in [-0.1, -0.05) is 0 Å². The van der Waals surface area contributed by atoms with E-state index in [2.05, 4.69) is 9.73 Å². The number of benzene rings is 2. The van der Waals surface area contributed by atoms with Gasteiger partial charge in [0.25, 0.3) is 0 Å². The molecule has 0 unspecified atom stereocenters. The quantitative estimate of drug-likeness (QED) is 0.517. The molecular weight excluding hydrogens is 388 g/mol. The highest BCUT2D eigenvalue weighted by Crippen LogP contribution is 2.39. The van der Waals surface area contributed by atoms with Gasteiger partial charge in [0, 0.05) is 5.56 Å². The molecule has 0 N–H and O–H groups in total. The van der Waals surface area contributed by atoms with E-state index in [1.54, 1.807) is 12.1 Å². The van der Waals surface area contributed by atoms with Crippen LogP contribution >= 0.6 is 0 Å². The van der Waals surface area contributed by atoms with E-state index in [0.717, 1.165) is 0 Å². The Morgan fingerprint density at radius 1 is 1.00 bits per heavy atom. The van der Waals surface area contributed by atoms with Crippen LogP contribution in [0.1, 0.15) is 11.1 Å². The Bertz CT molecular complexity index is 944. The molecular formula is C20H17F2NO6. The summed E-state index contributed by atoms with van der Waals surface area (Å²) in [5.41, 5.74) is 1.08. The molecule has 3 rings (SSSR count). The van der Waals surface area contributed by atoms with Crippen molar-refractivity contribution in [1.29, 1.82) is 0 Å². The van der Waals surface area contributed by atoms with E-state index in [4.69, 9.17) is 18.9 Å². The Labute approximate surface area is 165 Å². The summed E-state index contributed by atoms with van der Waals surface area (Å²) in [6.45, 7) is -2.92. The van der Waals surface area contributed by atoms with Crippen LogP contribution in [0.4, 0.5) is 8.78 Å². The summed E-state index contributed by atoms with van der Waals surface area (Å²) in [5, 5.41) is 0. The van der Waals surface area contributed by atoms with Gasteiger partial charge in [0.15, 0.2) is 17.2 Å². The third kappa shape index (κ3) is 4.45. The van der Waals surface area contributed by atoms with Gasteiger partial charge in [0.05, 0.1) is 21.3 Å². The zero-order valence-electron chi connectivity index (χ0n) is 15.8. The molecule has 0 spiro atoms. The number of halogens is 2. The monoisotopic (exact) mass is 405 g/mol. The van der Waals surface area contributed by atoms with Gasteiger partial charge in [-0.05, 0) is 48.0 Å². The largest absolute Gasteiger partial charge is 0.493 e. The lowest BCUT2D eigenvalue weighted by atomic mass is 10.1. The van der Waals surface area contributed by atoms with Crippen LogP contribution in [-0.2, 0) is 9.53 Å². The second-order valence-electron chi connectivity index (χ2n) is 5.70. The number of aliphatic imine (C=N–C) groups is 1. The Kier molecular flexibility index (Phi) is 5.96. The van der Waals surface area contributed by atoms with E-state index < -0.39 is 12.6 Å². The molecule has 1 aliphatic heterocycles. The number of rotatable bonds is 7. The predicted molar refractivity (Wildman–Crippen MR) is 99.8 cm³/mol. The Hall–Kier alpha value is -3.62. The first-order valence-electron chi connectivity index (χ1n) is 8.33. The molecule has 0 fully saturated rings. The van der Waals surface area contributed by atoms with Crippen LogP contribution in [0.5, 0.6) is 23.0 Å². The van der Waals surface area contributed by atoms with Gasteiger partial charge in [-0.25, -0.2) is 9.79 Å². The highest BCUT2D eigenvalue weighted by atomic mass is 19.3. The van der Waals surface area contributed by atoms with E-state index >= 15 is 0 Å². The van der Waals surface area contributed by atoms with Gasteiger partial charge < -0.3 is 23.7 Å². The highest BCUT2D eigenvalue weighted by Gasteiger charge is 2.25. The molecule has 29 heavy (non-hydrogen) atoms. The molecule has 7 nitrogen and oxygen atoms in total. The van der Waals surface area contributed by atoms with Crippen molar-refractivity contribution in [3.05, 3.63) is 53.2 Å². The van der Waals surface area contributed by atoms with Crippen LogP contribution in [-0.4, -0.2) is 39.8 Å². The molecule has 0 atom stereocenters. The van der Waals surface area contributed by atoms with Crippen LogP contribution in [0.25, 0.3) is 6.08 Å². The topological polar surface area (TPSA) is 75.6 Å². The van der Waals surface area contributed by atoms with Crippen LogP contribution in [0.3, 0.4) is 0 Å². The number of carbonyl (C=O) groups excluding carboxylic acids is 1. The van der Waals surface area contributed by atoms with E-state index in [1.807, 2.05) is 0 Å². The lowest BCUT2D eigenvalue weighted by molar-refractivity contribution is -0.129. The average molecular weight is 405 g/mol. The van der Waals surface area contributed by atoms with Crippen LogP contribution in [0.15, 0.2) is 47.1 Å². The average Bonchev–Trinajstić information content (AvgIpc) is 3.07. The third-order valence-electron chi connectivity index (χ3n) is 3.94. The minimum absolute atomic E-state index is 0.0122. The summed E-state index contributed by atoms with van der Waals surface area (Å²) >= 11 is 0. The summed E-state index contributed by atoms with van der Waals surface area (Å²) in [6, 6.07) is 8.91. The van der Waals surface area contributed by atoms with E-state index in [1.165, 1.54) is 51.7 Å². The van der Waals surface area contributed by atoms with Gasteiger partial charge >= 0.3 is 12.6 Å². The van der Waals surface area contributed by atoms with Gasteiger partial charge in [0.2, 0.25) is 11.6 Å². The lowest BCUT2D eigenvalue weighted by Gasteiger charge is -2.12. The lowest BCUT2D eigenvalue weighted by Crippen LogP contribution is -2.06. The number of hydrogen-bond acceptors (Lipinski definition) is 7. The van der Waals surface area contributed by atoms with Crippen molar-refractivity contribution in [1.82, 2.24) is 0 Å². The maximum atomic E-state index is 12.2. The zero-order valence-corrected chi connectivity index (χ0v) is 15.8. The Morgan fingerprint density at radius 3 is 2.14 bits per heavy atom. The van der Waals surface area contributed by atoms with E-state index in [0.29, 0.717) is 28.4 Å². The number of methoxy groups -OCH3 is 3. The number of esters is 1. The number of alkyl halides is 2. The molecule has 0 bridgehead atoms. The first-order valence-corrected chi connectivity index (χ1v) is 8.33. The van der Waals surface area contributed by atoms with Crippen LogP contribution in [0, 0.1) is 0 Å². The molecule has 2 aromatic carbocycles. The molecule has 9 heteroatoms. The van der Waals surface area contributed by atoms with Crippen molar-refractivity contribution in [3.63, 3.8) is 0 Å². The number of ether oxygens (including phenoxy) is 5. The van der Waals surface area contributed by atoms with E-state index in [9.17, 15) is 13.6 Å². The normalized spacial score (nSPS) is 14.6. The van der Waals surface area contributed by atoms with Gasteiger partial charge in [-0.15, -0.1) is 0 Å². The van der Waals surface area contributed by atoms with Gasteiger partial charge in [0.1, 0.15) is 5.75 Å². The molecule has 152 valence electrons. The molecule has 0 saturated carbocycles. The van der Waals surface area contributed by atoms with E-state index in [-0.39, 0.29) is 17.3 Å². The standard InChI is InChI=1S/C20H17F2NO6/c1-25-15-9-11(10-16(26-2)17(15)27-3)8-14-19(24)29-18(23-14)12-4-6-13(7-5-12)28-20(21)22/h4-10,20H,1-3H3/b14-8+. The first-order chi connectivity index (χ1) is 13.9. The van der Waals surface area contributed by atoms with Crippen molar-refractivity contribution in [2.24, 2.45) is 4.99 Å². The fraction of sp³-hybridized carbons (Fsp3) is 0.200. The van der Waals surface area contributed by atoms with Gasteiger partial charge in [-0.2, -0.15) is 8.78 Å². The zero-order chi connectivity index (χ0) is 21.0. The minimum Gasteiger partial charge on any atom is -0.493 e. The van der Waals surface area contributed by atoms with Crippen molar-refractivity contribution in [2.75, 3.05) is 21.3 Å². The maximum Gasteiger partial charge on any atom is 0.387 e. The molecule has 0 aliphatic carbocycles. The number of hydrogen-bond donors (Lipinski definition) is 0. The first kappa shape index (κ1) is 20.1. The second kappa shape index (κ2) is 8.59.